The molecule has 0 saturated heterocycles. The zero-order valence-corrected chi connectivity index (χ0v) is 15.2. The van der Waals surface area contributed by atoms with Gasteiger partial charge in [0.05, 0.1) is 0 Å². The number of benzene rings is 1. The average Bonchev–Trinajstić information content (AvgIpc) is 2.21. The lowest BCUT2D eigenvalue weighted by molar-refractivity contribution is 0.166. The third-order valence-corrected chi connectivity index (χ3v) is 4.14. The Kier molecular flexibility index (Phi) is 5.95. The molecule has 1 aromatic rings. The molecule has 0 saturated carbocycles. The minimum atomic E-state index is -0.0392. The van der Waals surface area contributed by atoms with Crippen molar-refractivity contribution in [2.75, 3.05) is 0 Å². The van der Waals surface area contributed by atoms with Crippen LogP contribution in [0.3, 0.4) is 0 Å². The molecule has 0 unspecified atom stereocenters. The number of hydrogen-bond acceptors (Lipinski definition) is 1. The highest BCUT2D eigenvalue weighted by Crippen LogP contribution is 2.36. The number of nitrogens with zero attached hydrogens (tertiary/aromatic N) is 1. The van der Waals surface area contributed by atoms with Gasteiger partial charge in [0.2, 0.25) is 0 Å². The molecule has 0 radical (unpaired) electrons. The van der Waals surface area contributed by atoms with E-state index in [4.69, 9.17) is 23.2 Å². The Morgan fingerprint density at radius 1 is 0.950 bits per heavy atom. The van der Waals surface area contributed by atoms with Crippen LogP contribution in [0.2, 0.25) is 10.0 Å². The fourth-order valence-corrected chi connectivity index (χ4v) is 3.70. The van der Waals surface area contributed by atoms with E-state index in [1.165, 1.54) is 5.56 Å². The van der Waals surface area contributed by atoms with Gasteiger partial charge in [0.1, 0.15) is 0 Å². The summed E-state index contributed by atoms with van der Waals surface area (Å²) in [7, 11) is 0. The van der Waals surface area contributed by atoms with Gasteiger partial charge in [0.25, 0.3) is 0 Å². The molecule has 0 aromatic heterocycles. The molecular formula is C17H27Cl2N. The first kappa shape index (κ1) is 17.8. The van der Waals surface area contributed by atoms with E-state index in [-0.39, 0.29) is 5.41 Å². The molecule has 114 valence electrons. The van der Waals surface area contributed by atoms with Crippen molar-refractivity contribution >= 4 is 23.2 Å². The van der Waals surface area contributed by atoms with E-state index in [1.807, 2.05) is 0 Å². The van der Waals surface area contributed by atoms with Crippen molar-refractivity contribution in [2.45, 2.75) is 72.5 Å². The van der Waals surface area contributed by atoms with E-state index in [2.05, 4.69) is 65.5 Å². The van der Waals surface area contributed by atoms with Gasteiger partial charge in [-0.05, 0) is 56.4 Å². The Morgan fingerprint density at radius 3 is 1.65 bits per heavy atom. The highest BCUT2D eigenvalue weighted by Gasteiger charge is 2.22. The van der Waals surface area contributed by atoms with Gasteiger partial charge in [-0.3, -0.25) is 4.90 Å². The Morgan fingerprint density at radius 2 is 1.35 bits per heavy atom. The van der Waals surface area contributed by atoms with Crippen molar-refractivity contribution in [1.82, 2.24) is 4.90 Å². The van der Waals surface area contributed by atoms with Crippen LogP contribution >= 0.6 is 23.2 Å². The summed E-state index contributed by atoms with van der Waals surface area (Å²) in [6.45, 7) is 16.1. The topological polar surface area (TPSA) is 3.24 Å². The maximum atomic E-state index is 6.46. The fraction of sp³-hybridized carbons (Fsp3) is 0.647. The number of halogens is 2. The molecule has 0 heterocycles. The number of hydrogen-bond donors (Lipinski definition) is 0. The first-order valence-electron chi connectivity index (χ1n) is 7.28. The van der Waals surface area contributed by atoms with Crippen LogP contribution in [0.25, 0.3) is 0 Å². The summed E-state index contributed by atoms with van der Waals surface area (Å²) in [4.78, 5) is 2.43. The summed E-state index contributed by atoms with van der Waals surface area (Å²) < 4.78 is 0. The Balaban J connectivity index is 3.12. The lowest BCUT2D eigenvalue weighted by Gasteiger charge is -2.31. The van der Waals surface area contributed by atoms with E-state index >= 15 is 0 Å². The average molecular weight is 316 g/mol. The first-order valence-corrected chi connectivity index (χ1v) is 8.03. The molecule has 0 aliphatic heterocycles. The minimum Gasteiger partial charge on any atom is -0.294 e. The predicted molar refractivity (Wildman–Crippen MR) is 91.0 cm³/mol. The quantitative estimate of drug-likeness (QED) is 0.667. The van der Waals surface area contributed by atoms with Crippen LogP contribution in [0.15, 0.2) is 12.1 Å². The molecule has 0 bridgehead atoms. The molecule has 0 spiro atoms. The molecule has 0 N–H and O–H groups in total. The van der Waals surface area contributed by atoms with Gasteiger partial charge in [-0.1, -0.05) is 44.0 Å². The summed E-state index contributed by atoms with van der Waals surface area (Å²) in [5.41, 5.74) is 2.17. The van der Waals surface area contributed by atoms with Crippen LogP contribution in [0, 0.1) is 0 Å². The van der Waals surface area contributed by atoms with E-state index < -0.39 is 0 Å². The predicted octanol–water partition coefficient (Wildman–Crippen LogP) is 5.91. The van der Waals surface area contributed by atoms with Crippen molar-refractivity contribution in [1.29, 1.82) is 0 Å². The lowest BCUT2D eigenvalue weighted by Crippen LogP contribution is -2.36. The SMILES string of the molecule is CC(C)N(Cc1cc(Cl)c(C(C)(C)C)c(Cl)c1)C(C)C. The third-order valence-electron chi connectivity index (χ3n) is 3.54. The third kappa shape index (κ3) is 4.38. The van der Waals surface area contributed by atoms with Gasteiger partial charge < -0.3 is 0 Å². The van der Waals surface area contributed by atoms with Crippen LogP contribution in [0.4, 0.5) is 0 Å². The van der Waals surface area contributed by atoms with E-state index in [0.717, 1.165) is 22.2 Å². The zero-order valence-electron chi connectivity index (χ0n) is 13.7. The van der Waals surface area contributed by atoms with Crippen molar-refractivity contribution in [3.05, 3.63) is 33.3 Å². The van der Waals surface area contributed by atoms with Crippen LogP contribution in [0.5, 0.6) is 0 Å². The molecule has 1 rings (SSSR count). The van der Waals surface area contributed by atoms with Gasteiger partial charge in [-0.2, -0.15) is 0 Å². The second-order valence-electron chi connectivity index (χ2n) is 7.04. The maximum absolute atomic E-state index is 6.46. The van der Waals surface area contributed by atoms with Crippen LogP contribution in [0.1, 0.15) is 59.6 Å². The van der Waals surface area contributed by atoms with Gasteiger partial charge in [-0.25, -0.2) is 0 Å². The molecule has 1 nitrogen and oxygen atoms in total. The van der Waals surface area contributed by atoms with Gasteiger partial charge in [-0.15, -0.1) is 0 Å². The highest BCUT2D eigenvalue weighted by molar-refractivity contribution is 6.36. The van der Waals surface area contributed by atoms with Crippen LogP contribution in [-0.4, -0.2) is 17.0 Å². The zero-order chi connectivity index (χ0) is 15.7. The summed E-state index contributed by atoms with van der Waals surface area (Å²) in [6, 6.07) is 5.11. The van der Waals surface area contributed by atoms with E-state index in [9.17, 15) is 0 Å². The smallest absolute Gasteiger partial charge is 0.0461 e. The summed E-state index contributed by atoms with van der Waals surface area (Å²) in [6.07, 6.45) is 0. The van der Waals surface area contributed by atoms with Gasteiger partial charge in [0, 0.05) is 28.7 Å². The molecule has 0 atom stereocenters. The molecule has 0 amide bonds. The summed E-state index contributed by atoms with van der Waals surface area (Å²) in [5.74, 6) is 0. The molecule has 20 heavy (non-hydrogen) atoms. The molecular weight excluding hydrogens is 289 g/mol. The van der Waals surface area contributed by atoms with E-state index in [0.29, 0.717) is 12.1 Å². The van der Waals surface area contributed by atoms with Crippen molar-refractivity contribution in [3.8, 4) is 0 Å². The Hall–Kier alpha value is -0.240. The first-order chi connectivity index (χ1) is 9.04. The van der Waals surface area contributed by atoms with Crippen LogP contribution < -0.4 is 0 Å². The van der Waals surface area contributed by atoms with Gasteiger partial charge in [0.15, 0.2) is 0 Å². The van der Waals surface area contributed by atoms with Crippen molar-refractivity contribution in [3.63, 3.8) is 0 Å². The molecule has 1 aromatic carbocycles. The molecule has 3 heteroatoms. The Labute approximate surface area is 134 Å². The summed E-state index contributed by atoms with van der Waals surface area (Å²) >= 11 is 12.9. The minimum absolute atomic E-state index is 0.0392. The van der Waals surface area contributed by atoms with E-state index in [1.54, 1.807) is 0 Å². The van der Waals surface area contributed by atoms with Crippen molar-refractivity contribution in [2.24, 2.45) is 0 Å². The standard InChI is InChI=1S/C17H27Cl2N/c1-11(2)20(12(3)4)10-13-8-14(18)16(15(19)9-13)17(5,6)7/h8-9,11-12H,10H2,1-7H3. The largest absolute Gasteiger partial charge is 0.294 e. The molecule has 0 aliphatic rings. The molecule has 0 fully saturated rings. The molecule has 0 aliphatic carbocycles. The summed E-state index contributed by atoms with van der Waals surface area (Å²) in [5, 5.41) is 1.54. The fourth-order valence-electron chi connectivity index (χ4n) is 2.61. The van der Waals surface area contributed by atoms with Crippen molar-refractivity contribution < 1.29 is 0 Å². The monoisotopic (exact) mass is 315 g/mol. The highest BCUT2D eigenvalue weighted by atomic mass is 35.5. The Bertz CT molecular complexity index is 428. The maximum Gasteiger partial charge on any atom is 0.0461 e. The van der Waals surface area contributed by atoms with Crippen LogP contribution in [-0.2, 0) is 12.0 Å². The second kappa shape index (κ2) is 6.68. The lowest BCUT2D eigenvalue weighted by atomic mass is 9.86. The normalized spacial score (nSPS) is 12.8. The van der Waals surface area contributed by atoms with Gasteiger partial charge >= 0.3 is 0 Å². The second-order valence-corrected chi connectivity index (χ2v) is 7.86. The number of rotatable bonds is 4.